The SMILES string of the molecule is CCN1CCOC(C(N)Cc2ccc3ccccc3n2)C1. The lowest BCUT2D eigenvalue weighted by Crippen LogP contribution is -2.51. The fourth-order valence-electron chi connectivity index (χ4n) is 2.87. The molecule has 0 radical (unpaired) electrons. The number of hydrogen-bond donors (Lipinski definition) is 1. The molecule has 0 saturated carbocycles. The van der Waals surface area contributed by atoms with Gasteiger partial charge in [0.05, 0.1) is 18.2 Å². The van der Waals surface area contributed by atoms with E-state index < -0.39 is 0 Å². The van der Waals surface area contributed by atoms with Crippen LogP contribution in [0.1, 0.15) is 12.6 Å². The average molecular weight is 285 g/mol. The van der Waals surface area contributed by atoms with Crippen LogP contribution in [0.15, 0.2) is 36.4 Å². The highest BCUT2D eigenvalue weighted by molar-refractivity contribution is 5.78. The van der Waals surface area contributed by atoms with Crippen molar-refractivity contribution < 1.29 is 4.74 Å². The molecule has 2 N–H and O–H groups in total. The highest BCUT2D eigenvalue weighted by Crippen LogP contribution is 2.15. The van der Waals surface area contributed by atoms with Gasteiger partial charge in [-0.2, -0.15) is 0 Å². The van der Waals surface area contributed by atoms with E-state index in [2.05, 4.69) is 30.0 Å². The highest BCUT2D eigenvalue weighted by Gasteiger charge is 2.25. The Morgan fingerprint density at radius 1 is 1.33 bits per heavy atom. The second-order valence-electron chi connectivity index (χ2n) is 5.67. The maximum Gasteiger partial charge on any atom is 0.0856 e. The van der Waals surface area contributed by atoms with Gasteiger partial charge in [-0.15, -0.1) is 0 Å². The minimum absolute atomic E-state index is 0.00647. The Balaban J connectivity index is 1.69. The molecule has 1 saturated heterocycles. The number of likely N-dealkylation sites (N-methyl/N-ethyl adjacent to an activating group) is 1. The number of nitrogens with zero attached hydrogens (tertiary/aromatic N) is 2. The summed E-state index contributed by atoms with van der Waals surface area (Å²) in [6.45, 7) is 5.94. The Hall–Kier alpha value is -1.49. The normalized spacial score (nSPS) is 21.5. The minimum Gasteiger partial charge on any atom is -0.374 e. The maximum atomic E-state index is 6.35. The van der Waals surface area contributed by atoms with Crippen LogP contribution in [0.3, 0.4) is 0 Å². The average Bonchev–Trinajstić information content (AvgIpc) is 2.54. The van der Waals surface area contributed by atoms with Crippen molar-refractivity contribution in [2.24, 2.45) is 5.73 Å². The third-order valence-electron chi connectivity index (χ3n) is 4.20. The second-order valence-corrected chi connectivity index (χ2v) is 5.67. The zero-order valence-corrected chi connectivity index (χ0v) is 12.5. The molecule has 1 aliphatic rings. The summed E-state index contributed by atoms with van der Waals surface area (Å²) >= 11 is 0. The summed E-state index contributed by atoms with van der Waals surface area (Å²) in [4.78, 5) is 7.09. The predicted octanol–water partition coefficient (Wildman–Crippen LogP) is 1.83. The molecule has 1 aliphatic heterocycles. The maximum absolute atomic E-state index is 6.35. The lowest BCUT2D eigenvalue weighted by molar-refractivity contribution is -0.0386. The lowest BCUT2D eigenvalue weighted by Gasteiger charge is -2.35. The van der Waals surface area contributed by atoms with Gasteiger partial charge in [-0.25, -0.2) is 0 Å². The molecule has 4 nitrogen and oxygen atoms in total. The van der Waals surface area contributed by atoms with Crippen LogP contribution in [-0.2, 0) is 11.2 Å². The molecule has 2 unspecified atom stereocenters. The van der Waals surface area contributed by atoms with Gasteiger partial charge in [0, 0.05) is 36.6 Å². The number of para-hydroxylation sites is 1. The van der Waals surface area contributed by atoms with Crippen molar-refractivity contribution in [3.05, 3.63) is 42.1 Å². The van der Waals surface area contributed by atoms with Gasteiger partial charge in [0.2, 0.25) is 0 Å². The number of nitrogens with two attached hydrogens (primary N) is 1. The van der Waals surface area contributed by atoms with E-state index in [9.17, 15) is 0 Å². The highest BCUT2D eigenvalue weighted by atomic mass is 16.5. The van der Waals surface area contributed by atoms with Crippen molar-refractivity contribution in [3.63, 3.8) is 0 Å². The van der Waals surface area contributed by atoms with E-state index in [1.165, 1.54) is 5.39 Å². The van der Waals surface area contributed by atoms with Crippen molar-refractivity contribution in [1.82, 2.24) is 9.88 Å². The Kier molecular flexibility index (Phi) is 4.48. The molecule has 0 amide bonds. The molecule has 2 atom stereocenters. The molecule has 1 aromatic carbocycles. The molecule has 112 valence electrons. The fourth-order valence-corrected chi connectivity index (χ4v) is 2.87. The van der Waals surface area contributed by atoms with Gasteiger partial charge >= 0.3 is 0 Å². The van der Waals surface area contributed by atoms with Gasteiger partial charge in [-0.05, 0) is 18.7 Å². The summed E-state index contributed by atoms with van der Waals surface area (Å²) in [6, 6.07) is 12.4. The van der Waals surface area contributed by atoms with Crippen LogP contribution in [0.5, 0.6) is 0 Å². The Morgan fingerprint density at radius 3 is 3.05 bits per heavy atom. The quantitative estimate of drug-likeness (QED) is 0.931. The standard InChI is InChI=1S/C17H23N3O/c1-2-20-9-10-21-17(12-20)15(18)11-14-8-7-13-5-3-4-6-16(13)19-14/h3-8,15,17H,2,9-12,18H2,1H3. The van der Waals surface area contributed by atoms with Gasteiger partial charge in [0.1, 0.15) is 0 Å². The minimum atomic E-state index is -0.00647. The predicted molar refractivity (Wildman–Crippen MR) is 85.3 cm³/mol. The summed E-state index contributed by atoms with van der Waals surface area (Å²) in [5.74, 6) is 0. The molecule has 0 bridgehead atoms. The monoisotopic (exact) mass is 285 g/mol. The summed E-state index contributed by atoms with van der Waals surface area (Å²) in [6.07, 6.45) is 0.861. The zero-order chi connectivity index (χ0) is 14.7. The van der Waals surface area contributed by atoms with Crippen LogP contribution >= 0.6 is 0 Å². The number of pyridine rings is 1. The van der Waals surface area contributed by atoms with E-state index in [0.29, 0.717) is 0 Å². The summed E-state index contributed by atoms with van der Waals surface area (Å²) in [5, 5.41) is 1.17. The molecule has 1 aromatic heterocycles. The smallest absolute Gasteiger partial charge is 0.0856 e. The molecular weight excluding hydrogens is 262 g/mol. The molecule has 3 rings (SSSR count). The summed E-state index contributed by atoms with van der Waals surface area (Å²) in [5.41, 5.74) is 8.42. The van der Waals surface area contributed by atoms with Crippen LogP contribution in [0.25, 0.3) is 10.9 Å². The first kappa shape index (κ1) is 14.4. The molecule has 2 heterocycles. The third-order valence-corrected chi connectivity index (χ3v) is 4.20. The molecule has 4 heteroatoms. The van der Waals surface area contributed by atoms with Gasteiger partial charge in [-0.3, -0.25) is 9.88 Å². The fraction of sp³-hybridized carbons (Fsp3) is 0.471. The molecule has 21 heavy (non-hydrogen) atoms. The zero-order valence-electron chi connectivity index (χ0n) is 12.5. The first-order valence-corrected chi connectivity index (χ1v) is 7.70. The summed E-state index contributed by atoms with van der Waals surface area (Å²) in [7, 11) is 0. The van der Waals surface area contributed by atoms with Crippen molar-refractivity contribution in [3.8, 4) is 0 Å². The van der Waals surface area contributed by atoms with Crippen LogP contribution < -0.4 is 5.73 Å². The Morgan fingerprint density at radius 2 is 2.19 bits per heavy atom. The van der Waals surface area contributed by atoms with Gasteiger partial charge < -0.3 is 10.5 Å². The van der Waals surface area contributed by atoms with Crippen molar-refractivity contribution in [1.29, 1.82) is 0 Å². The van der Waals surface area contributed by atoms with E-state index >= 15 is 0 Å². The van der Waals surface area contributed by atoms with Crippen molar-refractivity contribution in [2.75, 3.05) is 26.2 Å². The number of morpholine rings is 1. The van der Waals surface area contributed by atoms with Crippen LogP contribution in [-0.4, -0.2) is 48.3 Å². The van der Waals surface area contributed by atoms with Gasteiger partial charge in [0.25, 0.3) is 0 Å². The van der Waals surface area contributed by atoms with E-state index in [0.717, 1.165) is 43.9 Å². The topological polar surface area (TPSA) is 51.4 Å². The van der Waals surface area contributed by atoms with Crippen LogP contribution in [0, 0.1) is 0 Å². The number of ether oxygens (including phenoxy) is 1. The molecule has 1 fully saturated rings. The van der Waals surface area contributed by atoms with Gasteiger partial charge in [-0.1, -0.05) is 31.2 Å². The first-order valence-electron chi connectivity index (χ1n) is 7.70. The number of rotatable bonds is 4. The van der Waals surface area contributed by atoms with E-state index in [1.807, 2.05) is 18.2 Å². The number of benzene rings is 1. The number of hydrogen-bond acceptors (Lipinski definition) is 4. The molecule has 2 aromatic rings. The second kappa shape index (κ2) is 6.52. The van der Waals surface area contributed by atoms with Crippen molar-refractivity contribution >= 4 is 10.9 Å². The summed E-state index contributed by atoms with van der Waals surface area (Å²) < 4.78 is 5.84. The van der Waals surface area contributed by atoms with E-state index in [1.54, 1.807) is 0 Å². The third kappa shape index (κ3) is 3.40. The van der Waals surface area contributed by atoms with Crippen LogP contribution in [0.2, 0.25) is 0 Å². The molecule has 0 spiro atoms. The van der Waals surface area contributed by atoms with E-state index in [-0.39, 0.29) is 12.1 Å². The van der Waals surface area contributed by atoms with Gasteiger partial charge in [0.15, 0.2) is 0 Å². The number of aromatic nitrogens is 1. The Labute approximate surface area is 125 Å². The first-order chi connectivity index (χ1) is 10.3. The largest absolute Gasteiger partial charge is 0.374 e. The molecular formula is C17H23N3O. The van der Waals surface area contributed by atoms with Crippen molar-refractivity contribution in [2.45, 2.75) is 25.5 Å². The Bertz CT molecular complexity index is 601. The molecule has 0 aliphatic carbocycles. The number of fused-ring (bicyclic) bond motifs is 1. The van der Waals surface area contributed by atoms with E-state index in [4.69, 9.17) is 15.5 Å². The lowest BCUT2D eigenvalue weighted by atomic mass is 10.0. The van der Waals surface area contributed by atoms with Crippen LogP contribution in [0.4, 0.5) is 0 Å².